The topological polar surface area (TPSA) is 77.5 Å². The van der Waals surface area contributed by atoms with Crippen LogP contribution in [0, 0.1) is 5.41 Å². The molecule has 2 heterocycles. The van der Waals surface area contributed by atoms with Crippen molar-refractivity contribution in [2.45, 2.75) is 88.5 Å². The third-order valence-electron chi connectivity index (χ3n) is 7.91. The summed E-state index contributed by atoms with van der Waals surface area (Å²) in [5, 5.41) is 0. The molecule has 2 saturated carbocycles. The zero-order valence-electron chi connectivity index (χ0n) is 20.4. The molecule has 1 unspecified atom stereocenters. The summed E-state index contributed by atoms with van der Waals surface area (Å²) in [4.78, 5) is 29.7. The van der Waals surface area contributed by atoms with E-state index in [-0.39, 0.29) is 42.5 Å². The van der Waals surface area contributed by atoms with E-state index in [1.807, 2.05) is 6.92 Å². The number of urea groups is 1. The Hall–Kier alpha value is -1.00. The van der Waals surface area contributed by atoms with E-state index in [2.05, 4.69) is 19.6 Å². The first-order chi connectivity index (χ1) is 15.0. The quantitative estimate of drug-likeness (QED) is 0.309. The number of carbonyl (C=O) groups excluding carboxylic acids is 2. The molecule has 1 atom stereocenters. The van der Waals surface area contributed by atoms with Crippen LogP contribution in [0.15, 0.2) is 0 Å². The summed E-state index contributed by atoms with van der Waals surface area (Å²) >= 11 is 0. The maximum Gasteiger partial charge on any atom is 0.329 e. The minimum absolute atomic E-state index is 0.0208. The molecule has 4 fully saturated rings. The molecule has 8 nitrogen and oxygen atoms in total. The maximum atomic E-state index is 13.4. The van der Waals surface area contributed by atoms with Crippen molar-refractivity contribution in [3.63, 3.8) is 0 Å². The zero-order valence-corrected chi connectivity index (χ0v) is 21.4. The molecule has 4 rings (SSSR count). The second kappa shape index (κ2) is 8.65. The number of carbonyl (C=O) groups is 2. The second-order valence-corrected chi connectivity index (χ2v) is 17.2. The molecule has 0 radical (unpaired) electrons. The number of hydrogen-bond acceptors (Lipinski definition) is 6. The Balaban J connectivity index is 1.39. The van der Waals surface area contributed by atoms with Gasteiger partial charge in [0, 0.05) is 40.7 Å². The van der Waals surface area contributed by atoms with Crippen LogP contribution in [-0.2, 0) is 23.7 Å². The number of ether oxygens (including phenoxy) is 4. The highest BCUT2D eigenvalue weighted by Crippen LogP contribution is 2.57. The van der Waals surface area contributed by atoms with Gasteiger partial charge in [-0.25, -0.2) is 9.69 Å². The van der Waals surface area contributed by atoms with Gasteiger partial charge in [0.25, 0.3) is 5.91 Å². The van der Waals surface area contributed by atoms with Crippen molar-refractivity contribution < 1.29 is 28.5 Å². The predicted molar refractivity (Wildman–Crippen MR) is 122 cm³/mol. The van der Waals surface area contributed by atoms with Crippen LogP contribution in [0.25, 0.3) is 0 Å². The van der Waals surface area contributed by atoms with Gasteiger partial charge in [-0.05, 0) is 44.1 Å². The van der Waals surface area contributed by atoms with Crippen molar-refractivity contribution in [2.24, 2.45) is 5.41 Å². The fourth-order valence-corrected chi connectivity index (χ4v) is 6.68. The van der Waals surface area contributed by atoms with Gasteiger partial charge in [0.15, 0.2) is 5.79 Å². The van der Waals surface area contributed by atoms with Crippen LogP contribution in [0.5, 0.6) is 0 Å². The molecule has 32 heavy (non-hydrogen) atoms. The Morgan fingerprint density at radius 1 is 1.06 bits per heavy atom. The average molecular weight is 469 g/mol. The Kier molecular flexibility index (Phi) is 6.52. The predicted octanol–water partition coefficient (Wildman–Crippen LogP) is 3.43. The summed E-state index contributed by atoms with van der Waals surface area (Å²) in [5.41, 5.74) is -0.752. The van der Waals surface area contributed by atoms with Gasteiger partial charge in [-0.2, -0.15) is 0 Å². The molecule has 0 aromatic heterocycles. The van der Waals surface area contributed by atoms with Crippen molar-refractivity contribution in [2.75, 3.05) is 40.3 Å². The molecular weight excluding hydrogens is 428 g/mol. The molecule has 2 spiro atoms. The van der Waals surface area contributed by atoms with Crippen molar-refractivity contribution in [1.29, 1.82) is 0 Å². The summed E-state index contributed by atoms with van der Waals surface area (Å²) in [6, 6.07) is 0.817. The number of hydrogen-bond donors (Lipinski definition) is 0. The van der Waals surface area contributed by atoms with E-state index in [9.17, 15) is 9.59 Å². The summed E-state index contributed by atoms with van der Waals surface area (Å²) < 4.78 is 22.9. The lowest BCUT2D eigenvalue weighted by Gasteiger charge is -2.56. The standard InChI is InChI=1S/C23H40N2O6Si/c1-21(16-28-2)19(26)24(17-29-12-13-32(3,4)5)20(27)25(21)18-14-22(15-18)6-8-23(9-7-22)30-10-11-31-23/h18H,6-17H2,1-5H3. The first-order valence-electron chi connectivity index (χ1n) is 12.0. The minimum Gasteiger partial charge on any atom is -0.382 e. The van der Waals surface area contributed by atoms with E-state index in [0.29, 0.717) is 19.8 Å². The van der Waals surface area contributed by atoms with Crippen LogP contribution in [0.3, 0.4) is 0 Å². The number of rotatable bonds is 8. The Bertz CT molecular complexity index is 716. The van der Waals surface area contributed by atoms with Crippen molar-refractivity contribution >= 4 is 20.0 Å². The molecular formula is C23H40N2O6Si. The zero-order chi connectivity index (χ0) is 23.2. The number of methoxy groups -OCH3 is 1. The highest BCUT2D eigenvalue weighted by Gasteiger charge is 2.62. The fourth-order valence-electron chi connectivity index (χ4n) is 5.92. The molecule has 2 saturated heterocycles. The van der Waals surface area contributed by atoms with E-state index in [1.54, 1.807) is 12.0 Å². The van der Waals surface area contributed by atoms with Crippen LogP contribution in [-0.4, -0.2) is 87.4 Å². The summed E-state index contributed by atoms with van der Waals surface area (Å²) in [6.45, 7) is 10.8. The molecule has 182 valence electrons. The third-order valence-corrected chi connectivity index (χ3v) is 9.61. The summed E-state index contributed by atoms with van der Waals surface area (Å²) in [6.07, 6.45) is 5.77. The average Bonchev–Trinajstić information content (AvgIpc) is 3.21. The lowest BCUT2D eigenvalue weighted by molar-refractivity contribution is -0.204. The van der Waals surface area contributed by atoms with Gasteiger partial charge in [0.2, 0.25) is 0 Å². The van der Waals surface area contributed by atoms with Gasteiger partial charge in [-0.3, -0.25) is 4.79 Å². The fraction of sp³-hybridized carbons (Fsp3) is 0.913. The highest BCUT2D eigenvalue weighted by molar-refractivity contribution is 6.76. The highest BCUT2D eigenvalue weighted by atomic mass is 28.3. The van der Waals surface area contributed by atoms with Crippen molar-refractivity contribution in [3.8, 4) is 0 Å². The molecule has 3 amide bonds. The van der Waals surface area contributed by atoms with Crippen LogP contribution in [0.1, 0.15) is 45.4 Å². The van der Waals surface area contributed by atoms with Gasteiger partial charge < -0.3 is 23.8 Å². The Morgan fingerprint density at radius 3 is 2.25 bits per heavy atom. The molecule has 4 aliphatic rings. The van der Waals surface area contributed by atoms with Gasteiger partial charge in [-0.15, -0.1) is 0 Å². The van der Waals surface area contributed by atoms with Crippen LogP contribution >= 0.6 is 0 Å². The number of nitrogens with zero attached hydrogens (tertiary/aromatic N) is 2. The van der Waals surface area contributed by atoms with E-state index >= 15 is 0 Å². The largest absolute Gasteiger partial charge is 0.382 e. The summed E-state index contributed by atoms with van der Waals surface area (Å²) in [7, 11) is 0.349. The smallest absolute Gasteiger partial charge is 0.329 e. The number of amides is 3. The van der Waals surface area contributed by atoms with Crippen LogP contribution < -0.4 is 0 Å². The third kappa shape index (κ3) is 4.38. The number of imide groups is 1. The van der Waals surface area contributed by atoms with Crippen LogP contribution in [0.4, 0.5) is 4.79 Å². The van der Waals surface area contributed by atoms with E-state index in [1.165, 1.54) is 4.90 Å². The van der Waals surface area contributed by atoms with Gasteiger partial charge in [-0.1, -0.05) is 19.6 Å². The lowest BCUT2D eigenvalue weighted by Crippen LogP contribution is -2.61. The lowest BCUT2D eigenvalue weighted by atomic mass is 9.57. The molecule has 2 aliphatic heterocycles. The Morgan fingerprint density at radius 2 is 1.69 bits per heavy atom. The van der Waals surface area contributed by atoms with Gasteiger partial charge in [0.05, 0.1) is 19.8 Å². The van der Waals surface area contributed by atoms with E-state index in [0.717, 1.165) is 44.6 Å². The molecule has 0 N–H and O–H groups in total. The van der Waals surface area contributed by atoms with Crippen molar-refractivity contribution in [3.05, 3.63) is 0 Å². The van der Waals surface area contributed by atoms with Gasteiger partial charge in [0.1, 0.15) is 12.3 Å². The SMILES string of the molecule is COCC1(C)C(=O)N(COCC[Si](C)(C)C)C(=O)N1C1CC2(CCC3(CC2)OCCO3)C1. The maximum absolute atomic E-state index is 13.4. The molecule has 0 aromatic carbocycles. The van der Waals surface area contributed by atoms with Crippen LogP contribution in [0.2, 0.25) is 25.7 Å². The van der Waals surface area contributed by atoms with E-state index in [4.69, 9.17) is 18.9 Å². The molecule has 9 heteroatoms. The first kappa shape index (κ1) is 24.1. The summed E-state index contributed by atoms with van der Waals surface area (Å²) in [5.74, 6) is -0.585. The molecule has 2 aliphatic carbocycles. The minimum atomic E-state index is -1.23. The van der Waals surface area contributed by atoms with Crippen molar-refractivity contribution in [1.82, 2.24) is 9.80 Å². The Labute approximate surface area is 192 Å². The van der Waals surface area contributed by atoms with Gasteiger partial charge >= 0.3 is 6.03 Å². The second-order valence-electron chi connectivity index (χ2n) is 11.6. The monoisotopic (exact) mass is 468 g/mol. The molecule has 0 bridgehead atoms. The first-order valence-corrected chi connectivity index (χ1v) is 15.7. The molecule has 0 aromatic rings. The normalized spacial score (nSPS) is 30.0. The van der Waals surface area contributed by atoms with E-state index < -0.39 is 13.6 Å².